The Morgan fingerprint density at radius 3 is 2.26 bits per heavy atom. The molecular weight excluding hydrogens is 456 g/mol. The van der Waals surface area contributed by atoms with Gasteiger partial charge in [-0.05, 0) is 24.1 Å². The second-order valence-corrected chi connectivity index (χ2v) is 10.1. The van der Waals surface area contributed by atoms with Crippen LogP contribution in [0.25, 0.3) is 0 Å². The molecule has 2 unspecified atom stereocenters. The molecule has 5 rings (SSSR count). The Morgan fingerprint density at radius 2 is 1.63 bits per heavy atom. The van der Waals surface area contributed by atoms with E-state index in [0.717, 1.165) is 42.8 Å². The van der Waals surface area contributed by atoms with Gasteiger partial charge in [-0.15, -0.1) is 0 Å². The molecule has 2 aliphatic heterocycles. The van der Waals surface area contributed by atoms with Gasteiger partial charge < -0.3 is 5.32 Å². The topological polar surface area (TPSA) is 73.4 Å². The lowest BCUT2D eigenvalue weighted by Gasteiger charge is -2.45. The lowest BCUT2D eigenvalue weighted by Crippen LogP contribution is -2.67. The van der Waals surface area contributed by atoms with Gasteiger partial charge in [0.2, 0.25) is 5.91 Å². The van der Waals surface area contributed by atoms with Crippen molar-refractivity contribution in [2.75, 3.05) is 31.9 Å². The SMILES string of the molecule is Cc1ccnc(SCC2CC(=O)NC(N3CCN(C(c4ccccc4)c4ccccc4)CC3)N2)n1. The summed E-state index contributed by atoms with van der Waals surface area (Å²) in [6.07, 6.45) is 2.11. The number of nitrogens with zero attached hydrogens (tertiary/aromatic N) is 4. The minimum atomic E-state index is -0.144. The predicted molar refractivity (Wildman–Crippen MR) is 139 cm³/mol. The van der Waals surface area contributed by atoms with Gasteiger partial charge in [-0.25, -0.2) is 9.97 Å². The van der Waals surface area contributed by atoms with Gasteiger partial charge in [-0.3, -0.25) is 19.9 Å². The van der Waals surface area contributed by atoms with E-state index in [4.69, 9.17) is 0 Å². The van der Waals surface area contributed by atoms with Crippen molar-refractivity contribution < 1.29 is 4.79 Å². The molecule has 0 bridgehead atoms. The fraction of sp³-hybridized carbons (Fsp3) is 0.370. The highest BCUT2D eigenvalue weighted by Gasteiger charge is 2.33. The normalized spacial score (nSPS) is 21.7. The van der Waals surface area contributed by atoms with Gasteiger partial charge in [-0.2, -0.15) is 0 Å². The molecule has 2 aliphatic rings. The summed E-state index contributed by atoms with van der Waals surface area (Å²) in [6, 6.07) is 23.7. The van der Waals surface area contributed by atoms with Crippen molar-refractivity contribution in [1.29, 1.82) is 0 Å². The monoisotopic (exact) mass is 488 g/mol. The van der Waals surface area contributed by atoms with Crippen molar-refractivity contribution in [3.63, 3.8) is 0 Å². The number of nitrogens with one attached hydrogen (secondary N) is 2. The molecule has 0 radical (unpaired) electrons. The van der Waals surface area contributed by atoms with Gasteiger partial charge in [0, 0.05) is 56.3 Å². The number of thioether (sulfide) groups is 1. The summed E-state index contributed by atoms with van der Waals surface area (Å²) in [4.78, 5) is 26.2. The molecule has 2 aromatic carbocycles. The summed E-state index contributed by atoms with van der Waals surface area (Å²) < 4.78 is 0. The minimum Gasteiger partial charge on any atom is -0.328 e. The minimum absolute atomic E-state index is 0.0854. The number of rotatable bonds is 7. The van der Waals surface area contributed by atoms with E-state index in [-0.39, 0.29) is 24.3 Å². The highest BCUT2D eigenvalue weighted by atomic mass is 32.2. The van der Waals surface area contributed by atoms with Crippen molar-refractivity contribution in [2.45, 2.75) is 36.9 Å². The number of benzene rings is 2. The molecule has 1 amide bonds. The van der Waals surface area contributed by atoms with E-state index in [1.807, 2.05) is 13.0 Å². The molecular formula is C27H32N6OS. The number of hydrogen-bond acceptors (Lipinski definition) is 7. The van der Waals surface area contributed by atoms with E-state index < -0.39 is 0 Å². The first-order chi connectivity index (χ1) is 17.2. The highest BCUT2D eigenvalue weighted by molar-refractivity contribution is 7.99. The Kier molecular flexibility index (Phi) is 7.73. The second kappa shape index (κ2) is 11.3. The Labute approximate surface area is 211 Å². The molecule has 7 nitrogen and oxygen atoms in total. The predicted octanol–water partition coefficient (Wildman–Crippen LogP) is 3.05. The van der Waals surface area contributed by atoms with Crippen LogP contribution in [0.2, 0.25) is 0 Å². The number of carbonyl (C=O) groups excluding carboxylic acids is 1. The summed E-state index contributed by atoms with van der Waals surface area (Å²) >= 11 is 1.60. The van der Waals surface area contributed by atoms with Crippen LogP contribution in [0.3, 0.4) is 0 Å². The number of aryl methyl sites for hydroxylation is 1. The quantitative estimate of drug-likeness (QED) is 0.391. The van der Waals surface area contributed by atoms with Gasteiger partial charge in [0.15, 0.2) is 5.16 Å². The van der Waals surface area contributed by atoms with Gasteiger partial charge >= 0.3 is 0 Å². The van der Waals surface area contributed by atoms with Gasteiger partial charge in [0.05, 0.1) is 6.04 Å². The lowest BCUT2D eigenvalue weighted by molar-refractivity contribution is -0.127. The number of amides is 1. The second-order valence-electron chi connectivity index (χ2n) is 9.13. The van der Waals surface area contributed by atoms with Crippen LogP contribution in [0.5, 0.6) is 0 Å². The van der Waals surface area contributed by atoms with Crippen LogP contribution in [0.1, 0.15) is 29.3 Å². The van der Waals surface area contributed by atoms with Crippen molar-refractivity contribution in [3.05, 3.63) is 89.7 Å². The first-order valence-electron chi connectivity index (χ1n) is 12.2. The number of carbonyl (C=O) groups is 1. The lowest BCUT2D eigenvalue weighted by atomic mass is 9.96. The van der Waals surface area contributed by atoms with Crippen LogP contribution in [-0.2, 0) is 4.79 Å². The molecule has 1 aromatic heterocycles. The molecule has 0 spiro atoms. The maximum Gasteiger partial charge on any atom is 0.223 e. The van der Waals surface area contributed by atoms with E-state index in [1.165, 1.54) is 11.1 Å². The molecule has 8 heteroatoms. The third-order valence-corrected chi connectivity index (χ3v) is 7.64. The fourth-order valence-corrected chi connectivity index (χ4v) is 5.78. The van der Waals surface area contributed by atoms with Crippen LogP contribution in [0, 0.1) is 6.92 Å². The standard InChI is InChI=1S/C27H32N6OS/c1-20-12-13-28-27(29-20)35-19-23-18-24(34)31-26(30-23)33-16-14-32(15-17-33)25(21-8-4-2-5-9-21)22-10-6-3-7-11-22/h2-13,23,25-26,30H,14-19H2,1H3,(H,31,34). The summed E-state index contributed by atoms with van der Waals surface area (Å²) in [5, 5.41) is 7.55. The summed E-state index contributed by atoms with van der Waals surface area (Å²) in [5.74, 6) is 0.857. The van der Waals surface area contributed by atoms with Crippen LogP contribution < -0.4 is 10.6 Å². The molecule has 2 saturated heterocycles. The van der Waals surface area contributed by atoms with E-state index >= 15 is 0 Å². The molecule has 2 fully saturated rings. The van der Waals surface area contributed by atoms with Crippen molar-refractivity contribution >= 4 is 17.7 Å². The first-order valence-corrected chi connectivity index (χ1v) is 13.2. The number of aromatic nitrogens is 2. The summed E-state index contributed by atoms with van der Waals surface area (Å²) in [5.41, 5.74) is 3.58. The Hall–Kier alpha value is -2.78. The van der Waals surface area contributed by atoms with Gasteiger partial charge in [0.25, 0.3) is 0 Å². The number of piperazine rings is 1. The molecule has 182 valence electrons. The van der Waals surface area contributed by atoms with Crippen LogP contribution in [-0.4, -0.2) is 69.9 Å². The van der Waals surface area contributed by atoms with E-state index in [1.54, 1.807) is 18.0 Å². The first kappa shape index (κ1) is 23.9. The van der Waals surface area contributed by atoms with Crippen molar-refractivity contribution in [1.82, 2.24) is 30.4 Å². The zero-order chi connectivity index (χ0) is 24.0. The van der Waals surface area contributed by atoms with Gasteiger partial charge in [0.1, 0.15) is 6.29 Å². The van der Waals surface area contributed by atoms with Crippen LogP contribution in [0.4, 0.5) is 0 Å². The zero-order valence-electron chi connectivity index (χ0n) is 20.0. The number of hydrogen-bond donors (Lipinski definition) is 2. The Morgan fingerprint density at radius 1 is 0.971 bits per heavy atom. The van der Waals surface area contributed by atoms with E-state index in [2.05, 4.69) is 91.1 Å². The van der Waals surface area contributed by atoms with Gasteiger partial charge in [-0.1, -0.05) is 72.4 Å². The molecule has 0 saturated carbocycles. The van der Waals surface area contributed by atoms with Crippen LogP contribution in [0.15, 0.2) is 78.1 Å². The molecule has 35 heavy (non-hydrogen) atoms. The van der Waals surface area contributed by atoms with E-state index in [0.29, 0.717) is 6.42 Å². The van der Waals surface area contributed by atoms with Crippen LogP contribution >= 0.6 is 11.8 Å². The Balaban J connectivity index is 1.21. The molecule has 0 aliphatic carbocycles. The smallest absolute Gasteiger partial charge is 0.223 e. The molecule has 3 aromatic rings. The maximum atomic E-state index is 12.5. The average molecular weight is 489 g/mol. The summed E-state index contributed by atoms with van der Waals surface area (Å²) in [7, 11) is 0. The molecule has 2 N–H and O–H groups in total. The highest BCUT2D eigenvalue weighted by Crippen LogP contribution is 2.29. The third-order valence-electron chi connectivity index (χ3n) is 6.62. The fourth-order valence-electron chi connectivity index (χ4n) is 4.87. The Bertz CT molecular complexity index is 1070. The van der Waals surface area contributed by atoms with Crippen molar-refractivity contribution in [3.8, 4) is 0 Å². The van der Waals surface area contributed by atoms with E-state index in [9.17, 15) is 4.79 Å². The zero-order valence-corrected chi connectivity index (χ0v) is 20.8. The largest absolute Gasteiger partial charge is 0.328 e. The maximum absolute atomic E-state index is 12.5. The molecule has 2 atom stereocenters. The summed E-state index contributed by atoms with van der Waals surface area (Å²) in [6.45, 7) is 5.59. The molecule has 3 heterocycles. The third kappa shape index (κ3) is 6.08. The van der Waals surface area contributed by atoms with Crippen molar-refractivity contribution in [2.24, 2.45) is 0 Å². The average Bonchev–Trinajstić information content (AvgIpc) is 2.89.